The zero-order valence-corrected chi connectivity index (χ0v) is 22.5. The van der Waals surface area contributed by atoms with Crippen molar-refractivity contribution in [3.8, 4) is 6.07 Å². The number of carbonyl (C=O) groups is 3. The lowest BCUT2D eigenvalue weighted by molar-refractivity contribution is -0.143. The minimum atomic E-state index is -0.646. The van der Waals surface area contributed by atoms with E-state index in [4.69, 9.17) is 4.74 Å². The van der Waals surface area contributed by atoms with Gasteiger partial charge in [-0.15, -0.1) is 5.10 Å². The smallest absolute Gasteiger partial charge is 0.407 e. The van der Waals surface area contributed by atoms with E-state index in [2.05, 4.69) is 21.7 Å². The molecule has 0 radical (unpaired) electrons. The Morgan fingerprint density at radius 2 is 2.00 bits per heavy atom. The molecule has 1 aromatic heterocycles. The first-order valence-corrected chi connectivity index (χ1v) is 13.8. The van der Waals surface area contributed by atoms with E-state index in [9.17, 15) is 19.6 Å². The summed E-state index contributed by atoms with van der Waals surface area (Å²) in [7, 11) is 0. The monoisotopic (exact) mass is 535 g/mol. The van der Waals surface area contributed by atoms with E-state index in [0.29, 0.717) is 51.1 Å². The highest BCUT2D eigenvalue weighted by Gasteiger charge is 2.44. The molecule has 0 aliphatic carbocycles. The molecule has 2 aromatic rings. The summed E-state index contributed by atoms with van der Waals surface area (Å²) in [6.45, 7) is 3.42. The number of ether oxygens (including phenoxy) is 1. The summed E-state index contributed by atoms with van der Waals surface area (Å²) in [6.07, 6.45) is 6.61. The van der Waals surface area contributed by atoms with E-state index in [1.54, 1.807) is 20.7 Å². The molecule has 2 fully saturated rings. The summed E-state index contributed by atoms with van der Waals surface area (Å²) in [5.74, 6) is -0.244. The standard InChI is InChI=1S/C28H37N7O4/c1-2-3-15-39-28(38)30-18-22-19-35(32-31-22)24-16-25(27(37)33-14-8-12-23(33)17-29)34(20-24)26(36)13-7-11-21-9-5-4-6-10-21/h4-6,9-10,19,23-25H,2-3,7-8,11-16,18,20H2,1H3,(H,30,38)/t23-,24-,25-/m0/s1. The van der Waals surface area contributed by atoms with Crippen molar-refractivity contribution in [3.63, 3.8) is 0 Å². The highest BCUT2D eigenvalue weighted by molar-refractivity contribution is 5.89. The van der Waals surface area contributed by atoms with Crippen molar-refractivity contribution in [2.24, 2.45) is 0 Å². The highest BCUT2D eigenvalue weighted by Crippen LogP contribution is 2.31. The summed E-state index contributed by atoms with van der Waals surface area (Å²) in [5.41, 5.74) is 1.73. The summed E-state index contributed by atoms with van der Waals surface area (Å²) in [6, 6.07) is 10.9. The molecule has 2 aliphatic rings. The molecule has 3 heterocycles. The lowest BCUT2D eigenvalue weighted by Gasteiger charge is -2.29. The van der Waals surface area contributed by atoms with Crippen LogP contribution < -0.4 is 5.32 Å². The molecule has 3 atom stereocenters. The van der Waals surface area contributed by atoms with Gasteiger partial charge in [0.2, 0.25) is 11.8 Å². The number of nitrogens with zero attached hydrogens (tertiary/aromatic N) is 6. The number of amides is 3. The second kappa shape index (κ2) is 13.7. The largest absolute Gasteiger partial charge is 0.450 e. The molecule has 39 heavy (non-hydrogen) atoms. The van der Waals surface area contributed by atoms with Crippen molar-refractivity contribution in [2.45, 2.75) is 83.0 Å². The van der Waals surface area contributed by atoms with E-state index in [1.165, 1.54) is 5.56 Å². The lowest BCUT2D eigenvalue weighted by atomic mass is 10.1. The Morgan fingerprint density at radius 1 is 1.18 bits per heavy atom. The first-order valence-electron chi connectivity index (χ1n) is 13.8. The van der Waals surface area contributed by atoms with E-state index in [1.807, 2.05) is 37.3 Å². The topological polar surface area (TPSA) is 133 Å². The molecule has 2 aliphatic heterocycles. The maximum atomic E-state index is 13.6. The average molecular weight is 536 g/mol. The third-order valence-corrected chi connectivity index (χ3v) is 7.34. The van der Waals surface area contributed by atoms with Gasteiger partial charge in [0, 0.05) is 25.9 Å². The lowest BCUT2D eigenvalue weighted by Crippen LogP contribution is -2.49. The van der Waals surface area contributed by atoms with Gasteiger partial charge in [0.05, 0.1) is 31.5 Å². The zero-order valence-electron chi connectivity index (χ0n) is 22.5. The van der Waals surface area contributed by atoms with Crippen LogP contribution in [0.1, 0.15) is 69.2 Å². The minimum Gasteiger partial charge on any atom is -0.450 e. The first kappa shape index (κ1) is 28.1. The number of nitrogens with one attached hydrogen (secondary N) is 1. The third-order valence-electron chi connectivity index (χ3n) is 7.34. The van der Waals surface area contributed by atoms with Crippen LogP contribution in [0.2, 0.25) is 0 Å². The van der Waals surface area contributed by atoms with Gasteiger partial charge in [-0.3, -0.25) is 9.59 Å². The average Bonchev–Trinajstić information content (AvgIpc) is 3.71. The van der Waals surface area contributed by atoms with Gasteiger partial charge in [-0.2, -0.15) is 5.26 Å². The Morgan fingerprint density at radius 3 is 2.77 bits per heavy atom. The third kappa shape index (κ3) is 7.34. The number of aromatic nitrogens is 3. The zero-order chi connectivity index (χ0) is 27.6. The van der Waals surface area contributed by atoms with Crippen LogP contribution in [-0.2, 0) is 27.3 Å². The van der Waals surface area contributed by atoms with Crippen LogP contribution >= 0.6 is 0 Å². The van der Waals surface area contributed by atoms with Crippen LogP contribution in [0.3, 0.4) is 0 Å². The molecule has 3 amide bonds. The molecule has 0 bridgehead atoms. The number of alkyl carbamates (subject to hydrolysis) is 1. The van der Waals surface area contributed by atoms with Gasteiger partial charge in [-0.25, -0.2) is 9.48 Å². The second-order valence-corrected chi connectivity index (χ2v) is 10.1. The number of aryl methyl sites for hydroxylation is 1. The first-order chi connectivity index (χ1) is 19.0. The molecule has 0 spiro atoms. The number of rotatable bonds is 11. The van der Waals surface area contributed by atoms with Crippen molar-refractivity contribution in [1.82, 2.24) is 30.1 Å². The number of likely N-dealkylation sites (tertiary alicyclic amines) is 2. The maximum Gasteiger partial charge on any atom is 0.407 e. The number of benzene rings is 1. The predicted molar refractivity (Wildman–Crippen MR) is 142 cm³/mol. The highest BCUT2D eigenvalue weighted by atomic mass is 16.5. The van der Waals surface area contributed by atoms with E-state index < -0.39 is 18.2 Å². The van der Waals surface area contributed by atoms with Gasteiger partial charge >= 0.3 is 6.09 Å². The van der Waals surface area contributed by atoms with Crippen molar-refractivity contribution in [1.29, 1.82) is 5.26 Å². The molecule has 1 aromatic carbocycles. The van der Waals surface area contributed by atoms with Crippen LogP contribution in [0.25, 0.3) is 0 Å². The number of carbonyl (C=O) groups excluding carboxylic acids is 3. The molecule has 11 heteroatoms. The summed E-state index contributed by atoms with van der Waals surface area (Å²) in [5, 5.41) is 20.6. The molecule has 0 unspecified atom stereocenters. The fourth-order valence-corrected chi connectivity index (χ4v) is 5.20. The van der Waals surface area contributed by atoms with Crippen LogP contribution in [0, 0.1) is 11.3 Å². The van der Waals surface area contributed by atoms with Crippen LogP contribution in [0.5, 0.6) is 0 Å². The fourth-order valence-electron chi connectivity index (χ4n) is 5.20. The number of unbranched alkanes of at least 4 members (excludes halogenated alkanes) is 1. The SMILES string of the molecule is CCCCOC(=O)NCc1cn([C@H]2C[C@@H](C(=O)N3CCC[C@H]3C#N)N(C(=O)CCCc3ccccc3)C2)nn1. The van der Waals surface area contributed by atoms with Crippen molar-refractivity contribution < 1.29 is 19.1 Å². The fraction of sp³-hybridized carbons (Fsp3) is 0.571. The molecule has 1 N–H and O–H groups in total. The molecular formula is C28H37N7O4. The molecular weight excluding hydrogens is 498 g/mol. The van der Waals surface area contributed by atoms with Crippen LogP contribution in [-0.4, -0.2) is 74.5 Å². The molecule has 2 saturated heterocycles. The Kier molecular flexibility index (Phi) is 9.89. The Bertz CT molecular complexity index is 1160. The summed E-state index contributed by atoms with van der Waals surface area (Å²) < 4.78 is 6.77. The van der Waals surface area contributed by atoms with E-state index >= 15 is 0 Å². The van der Waals surface area contributed by atoms with Crippen LogP contribution in [0.15, 0.2) is 36.5 Å². The van der Waals surface area contributed by atoms with Gasteiger partial charge in [0.1, 0.15) is 17.8 Å². The Hall–Kier alpha value is -3.94. The quantitative estimate of drug-likeness (QED) is 0.437. The van der Waals surface area contributed by atoms with Gasteiger partial charge in [0.15, 0.2) is 0 Å². The predicted octanol–water partition coefficient (Wildman–Crippen LogP) is 2.98. The number of nitriles is 1. The van der Waals surface area contributed by atoms with Crippen molar-refractivity contribution in [3.05, 3.63) is 47.8 Å². The summed E-state index contributed by atoms with van der Waals surface area (Å²) in [4.78, 5) is 42.1. The normalized spacial score (nSPS) is 20.6. The molecule has 208 valence electrons. The molecule has 4 rings (SSSR count). The number of hydrogen-bond donors (Lipinski definition) is 1. The van der Waals surface area contributed by atoms with Crippen LogP contribution in [0.4, 0.5) is 4.79 Å². The molecule has 0 saturated carbocycles. The second-order valence-electron chi connectivity index (χ2n) is 10.1. The Balaban J connectivity index is 1.40. The van der Waals surface area contributed by atoms with Gasteiger partial charge < -0.3 is 19.9 Å². The van der Waals surface area contributed by atoms with E-state index in [-0.39, 0.29) is 24.4 Å². The van der Waals surface area contributed by atoms with E-state index in [0.717, 1.165) is 25.7 Å². The van der Waals surface area contributed by atoms with Gasteiger partial charge in [0.25, 0.3) is 0 Å². The maximum absolute atomic E-state index is 13.6. The summed E-state index contributed by atoms with van der Waals surface area (Å²) >= 11 is 0. The number of hydrogen-bond acceptors (Lipinski definition) is 7. The van der Waals surface area contributed by atoms with Crippen molar-refractivity contribution >= 4 is 17.9 Å². The Labute approximate surface area is 229 Å². The minimum absolute atomic E-state index is 0.0729. The van der Waals surface area contributed by atoms with Crippen molar-refractivity contribution in [2.75, 3.05) is 19.7 Å². The molecule has 11 nitrogen and oxygen atoms in total. The van der Waals surface area contributed by atoms with Gasteiger partial charge in [-0.1, -0.05) is 48.9 Å². The van der Waals surface area contributed by atoms with Gasteiger partial charge in [-0.05, 0) is 37.7 Å².